The van der Waals surface area contributed by atoms with E-state index in [2.05, 4.69) is 457 Å². The lowest BCUT2D eigenvalue weighted by atomic mass is 9.80. The van der Waals surface area contributed by atoms with Crippen LogP contribution in [0.2, 0.25) is 0 Å². The predicted molar refractivity (Wildman–Crippen MR) is 603 cm³/mol. The quantitative estimate of drug-likeness (QED) is 0.113. The SMILES string of the molecule is Cc1ccc2c(-c3cc(-c4ccccc4)nc(-c4ccccc4)c3)c3ccccc3c(-c3cccc4c3-c3ccccc3C4(C)C)c2c1.Cc1ccc2c(-c3cc(-c4ccccc4)nc(-c4ccccc4)n3)c3ccccc3c(-c3cccc4c3-c3ccccc3C4(C)C)c2c1.Cc1ccc2c(-c3nc(-c4ccccc4)nc(-c4ccccc4)n3)c3ccccc3c(-c3cccc4c3-c3ccccc3C4(C)C)c2c1. The van der Waals surface area contributed by atoms with Gasteiger partial charge in [-0.25, -0.2) is 29.9 Å². The van der Waals surface area contributed by atoms with E-state index in [1.165, 1.54) is 182 Å². The van der Waals surface area contributed by atoms with Crippen LogP contribution in [0, 0.1) is 20.8 Å². The van der Waals surface area contributed by atoms with Gasteiger partial charge in [-0.05, 0) is 215 Å². The summed E-state index contributed by atoms with van der Waals surface area (Å²) < 4.78 is 0. The van der Waals surface area contributed by atoms with Gasteiger partial charge in [0.25, 0.3) is 0 Å². The van der Waals surface area contributed by atoms with Crippen molar-refractivity contribution in [2.24, 2.45) is 0 Å². The molecule has 3 aliphatic carbocycles. The highest BCUT2D eigenvalue weighted by atomic mass is 15.0. The highest BCUT2D eigenvalue weighted by molar-refractivity contribution is 6.26. The zero-order valence-electron chi connectivity index (χ0n) is 82.0. The molecule has 24 aromatic rings. The van der Waals surface area contributed by atoms with Crippen LogP contribution in [-0.4, -0.2) is 29.9 Å². The molecule has 27 rings (SSSR count). The van der Waals surface area contributed by atoms with Crippen LogP contribution in [0.25, 0.3) is 233 Å². The van der Waals surface area contributed by atoms with Gasteiger partial charge >= 0.3 is 0 Å². The molecule has 3 aliphatic rings. The molecule has 0 unspecified atom stereocenters. The van der Waals surface area contributed by atoms with E-state index in [0.29, 0.717) is 17.5 Å². The Labute approximate surface area is 840 Å². The van der Waals surface area contributed by atoms with Gasteiger partial charge in [0.2, 0.25) is 0 Å². The molecule has 6 heteroatoms. The predicted octanol–water partition coefficient (Wildman–Crippen LogP) is 36.2. The molecule has 0 spiro atoms. The topological polar surface area (TPSA) is 77.3 Å². The normalized spacial score (nSPS) is 13.1. The third-order valence-corrected chi connectivity index (χ3v) is 30.4. The first-order valence-corrected chi connectivity index (χ1v) is 50.0. The van der Waals surface area contributed by atoms with Gasteiger partial charge in [0.05, 0.1) is 22.8 Å². The number of pyridine rings is 1. The largest absolute Gasteiger partial charge is 0.248 e. The number of hydrogen-bond donors (Lipinski definition) is 0. The number of rotatable bonds is 12. The average Bonchev–Trinajstić information content (AvgIpc) is 0.917. The molecular formula is C138H102N6. The Balaban J connectivity index is 0.000000113. The summed E-state index contributed by atoms with van der Waals surface area (Å²) in [4.78, 5) is 31.0. The van der Waals surface area contributed by atoms with Crippen molar-refractivity contribution in [3.63, 3.8) is 0 Å². The summed E-state index contributed by atoms with van der Waals surface area (Å²) in [5.41, 5.74) is 42.0. The summed E-state index contributed by atoms with van der Waals surface area (Å²) in [6, 6.07) is 164. The summed E-state index contributed by atoms with van der Waals surface area (Å²) in [6.07, 6.45) is 0. The van der Waals surface area contributed by atoms with E-state index in [1.807, 2.05) is 60.7 Å². The molecular weight excluding hydrogens is 1740 g/mol. The zero-order valence-corrected chi connectivity index (χ0v) is 82.0. The summed E-state index contributed by atoms with van der Waals surface area (Å²) >= 11 is 0. The Morgan fingerprint density at radius 1 is 0.139 bits per heavy atom. The van der Waals surface area contributed by atoms with Gasteiger partial charge in [0, 0.05) is 60.8 Å². The molecule has 3 heterocycles. The summed E-state index contributed by atoms with van der Waals surface area (Å²) in [7, 11) is 0. The van der Waals surface area contributed by atoms with Gasteiger partial charge in [-0.1, -0.05) is 495 Å². The molecule has 3 aromatic heterocycles. The maximum atomic E-state index is 5.32. The second-order valence-corrected chi connectivity index (χ2v) is 40.3. The molecule has 0 bridgehead atoms. The van der Waals surface area contributed by atoms with Gasteiger partial charge in [0.15, 0.2) is 23.3 Å². The Morgan fingerprint density at radius 3 is 0.736 bits per heavy atom. The highest BCUT2D eigenvalue weighted by Gasteiger charge is 2.41. The smallest absolute Gasteiger partial charge is 0.165 e. The minimum Gasteiger partial charge on any atom is -0.248 e. The minimum atomic E-state index is -0.0873. The van der Waals surface area contributed by atoms with Crippen molar-refractivity contribution in [1.29, 1.82) is 0 Å². The Morgan fingerprint density at radius 2 is 0.382 bits per heavy atom. The molecule has 0 aliphatic heterocycles. The van der Waals surface area contributed by atoms with E-state index < -0.39 is 0 Å². The van der Waals surface area contributed by atoms with Crippen molar-refractivity contribution < 1.29 is 0 Å². The molecule has 0 radical (unpaired) electrons. The molecule has 21 aromatic carbocycles. The van der Waals surface area contributed by atoms with Gasteiger partial charge in [0.1, 0.15) is 0 Å². The van der Waals surface area contributed by atoms with Crippen molar-refractivity contribution in [2.45, 2.75) is 78.6 Å². The zero-order chi connectivity index (χ0) is 97.2. The van der Waals surface area contributed by atoms with E-state index in [-0.39, 0.29) is 16.2 Å². The number of aryl methyl sites for hydroxylation is 3. The first-order chi connectivity index (χ1) is 70.5. The third kappa shape index (κ3) is 14.8. The molecule has 0 saturated carbocycles. The number of benzene rings is 21. The van der Waals surface area contributed by atoms with Crippen LogP contribution in [-0.2, 0) is 16.2 Å². The first kappa shape index (κ1) is 87.9. The maximum Gasteiger partial charge on any atom is 0.165 e. The highest BCUT2D eigenvalue weighted by Crippen LogP contribution is 2.60. The van der Waals surface area contributed by atoms with Crippen LogP contribution in [0.15, 0.2) is 455 Å². The lowest BCUT2D eigenvalue weighted by molar-refractivity contribution is 0.660. The van der Waals surface area contributed by atoms with Gasteiger partial charge in [-0.3, -0.25) is 0 Å². The van der Waals surface area contributed by atoms with E-state index in [9.17, 15) is 0 Å². The monoisotopic (exact) mass is 1840 g/mol. The molecule has 0 N–H and O–H groups in total. The molecule has 684 valence electrons. The fraction of sp³-hybridized carbons (Fsp3) is 0.0870. The first-order valence-electron chi connectivity index (χ1n) is 50.0. The number of nitrogens with zero attached hydrogens (tertiary/aromatic N) is 6. The number of fused-ring (bicyclic) bond motifs is 15. The molecule has 0 amide bonds. The van der Waals surface area contributed by atoms with E-state index in [1.54, 1.807) is 0 Å². The van der Waals surface area contributed by atoms with Crippen molar-refractivity contribution in [3.8, 4) is 168 Å². The molecule has 144 heavy (non-hydrogen) atoms. The summed E-state index contributed by atoms with van der Waals surface area (Å²) in [5, 5.41) is 14.5. The summed E-state index contributed by atoms with van der Waals surface area (Å²) in [6.45, 7) is 20.7. The second-order valence-electron chi connectivity index (χ2n) is 40.3. The Kier molecular flexibility index (Phi) is 21.6. The van der Waals surface area contributed by atoms with Crippen LogP contribution in [0.1, 0.15) is 91.6 Å². The molecule has 0 saturated heterocycles. The summed E-state index contributed by atoms with van der Waals surface area (Å²) in [5.74, 6) is 2.71. The van der Waals surface area contributed by atoms with Crippen LogP contribution >= 0.6 is 0 Å². The van der Waals surface area contributed by atoms with Crippen molar-refractivity contribution in [2.75, 3.05) is 0 Å². The van der Waals surface area contributed by atoms with Crippen molar-refractivity contribution in [1.82, 2.24) is 29.9 Å². The number of hydrogen-bond acceptors (Lipinski definition) is 6. The fourth-order valence-electron chi connectivity index (χ4n) is 23.6. The Hall–Kier alpha value is -17.6. The van der Waals surface area contributed by atoms with Crippen LogP contribution in [0.5, 0.6) is 0 Å². The standard InChI is InChI=1S/C47H35N.C46H34N2.C45H33N3/c1-30-25-26-36-39(27-30)45(38-22-14-24-41-46(38)37-21-12-13-23-40(37)47(41,2)3)35-20-11-10-19-34(35)44(36)33-28-42(31-15-6-4-7-16-31)48-43(29-33)32-17-8-5-9-18-32;1-29-25-26-34-37(27-29)42(36-22-14-24-39-43(36)35-21-12-13-23-38(35)46(39,2)3)32-19-10-11-20-33(32)44(34)41-28-40(30-15-6-4-7-16-30)47-45(48-41)31-17-8-5-9-18-31;1-28-25-26-33-36(27-28)39(35-22-14-24-38-40(35)34-21-12-13-23-37(34)45(38,2)3)31-19-10-11-20-32(31)41(33)44-47-42(29-15-6-4-7-16-29)46-43(48-44)30-17-8-5-9-18-30/h4-29H,1-3H3;4-28H,1-3H3;4-27H,1-3H3. The second kappa shape index (κ2) is 35.3. The lowest BCUT2D eigenvalue weighted by Gasteiger charge is -2.23. The minimum absolute atomic E-state index is 0.0673. The molecule has 0 fully saturated rings. The van der Waals surface area contributed by atoms with Crippen LogP contribution < -0.4 is 0 Å². The van der Waals surface area contributed by atoms with Gasteiger partial charge in [-0.15, -0.1) is 0 Å². The lowest BCUT2D eigenvalue weighted by Crippen LogP contribution is -2.14. The number of aromatic nitrogens is 6. The van der Waals surface area contributed by atoms with Gasteiger partial charge in [-0.2, -0.15) is 0 Å². The van der Waals surface area contributed by atoms with Crippen LogP contribution in [0.3, 0.4) is 0 Å². The van der Waals surface area contributed by atoms with E-state index >= 15 is 0 Å². The molecule has 0 atom stereocenters. The van der Waals surface area contributed by atoms with Crippen molar-refractivity contribution in [3.05, 3.63) is 505 Å². The van der Waals surface area contributed by atoms with E-state index in [0.717, 1.165) is 83.9 Å². The van der Waals surface area contributed by atoms with Gasteiger partial charge < -0.3 is 0 Å². The third-order valence-electron chi connectivity index (χ3n) is 30.4. The fourth-order valence-corrected chi connectivity index (χ4v) is 23.6. The molecule has 6 nitrogen and oxygen atoms in total. The average molecular weight is 1840 g/mol. The van der Waals surface area contributed by atoms with Crippen molar-refractivity contribution >= 4 is 64.6 Å². The van der Waals surface area contributed by atoms with Crippen LogP contribution in [0.4, 0.5) is 0 Å². The van der Waals surface area contributed by atoms with E-state index in [4.69, 9.17) is 29.9 Å². The maximum absolute atomic E-state index is 5.32. The Bertz CT molecular complexity index is 8260.